The largest absolute Gasteiger partial charge is 0.312 e. The van der Waals surface area contributed by atoms with E-state index in [1.807, 2.05) is 31.2 Å². The standard InChI is InChI=1S/C14H17NO2/c1-10-6-3-4-8-13(10)15-9-5-7-12(11(2)16)14(15)17/h3-4,6,8,12H,5,7,9H2,1-2H3/t12-/m1/s1. The van der Waals surface area contributed by atoms with E-state index in [0.717, 1.165) is 17.7 Å². The second-order valence-electron chi connectivity index (χ2n) is 4.58. The van der Waals surface area contributed by atoms with Gasteiger partial charge in [0.2, 0.25) is 5.91 Å². The van der Waals surface area contributed by atoms with Crippen molar-refractivity contribution in [2.24, 2.45) is 5.92 Å². The van der Waals surface area contributed by atoms with Crippen LogP contribution in [0, 0.1) is 12.8 Å². The Morgan fingerprint density at radius 3 is 2.71 bits per heavy atom. The molecule has 0 radical (unpaired) electrons. The molecule has 90 valence electrons. The fourth-order valence-corrected chi connectivity index (χ4v) is 2.36. The Kier molecular flexibility index (Phi) is 3.27. The third-order valence-corrected chi connectivity index (χ3v) is 3.34. The lowest BCUT2D eigenvalue weighted by Crippen LogP contribution is -2.44. The number of benzene rings is 1. The normalized spacial score (nSPS) is 20.5. The first kappa shape index (κ1) is 11.8. The Morgan fingerprint density at radius 1 is 1.35 bits per heavy atom. The number of Topliss-reactive ketones (excluding diaryl/α,β-unsaturated/α-hetero) is 1. The van der Waals surface area contributed by atoms with E-state index in [0.29, 0.717) is 13.0 Å². The van der Waals surface area contributed by atoms with Gasteiger partial charge >= 0.3 is 0 Å². The summed E-state index contributed by atoms with van der Waals surface area (Å²) in [6.45, 7) is 4.21. The molecule has 2 rings (SSSR count). The molecule has 0 saturated carbocycles. The molecule has 1 heterocycles. The van der Waals surface area contributed by atoms with Gasteiger partial charge in [0.15, 0.2) is 0 Å². The van der Waals surface area contributed by atoms with Crippen LogP contribution in [-0.2, 0) is 9.59 Å². The van der Waals surface area contributed by atoms with E-state index in [1.165, 1.54) is 6.92 Å². The molecule has 1 saturated heterocycles. The predicted octanol–water partition coefficient (Wildman–Crippen LogP) is 2.33. The number of anilines is 1. The summed E-state index contributed by atoms with van der Waals surface area (Å²) in [6.07, 6.45) is 1.58. The first-order valence-electron chi connectivity index (χ1n) is 5.98. The van der Waals surface area contributed by atoms with Crippen molar-refractivity contribution in [3.63, 3.8) is 0 Å². The molecule has 0 N–H and O–H groups in total. The average Bonchev–Trinajstić information content (AvgIpc) is 2.30. The lowest BCUT2D eigenvalue weighted by molar-refractivity contribution is -0.132. The molecule has 0 aromatic heterocycles. The van der Waals surface area contributed by atoms with Gasteiger partial charge in [-0.3, -0.25) is 9.59 Å². The number of rotatable bonds is 2. The fraction of sp³-hybridized carbons (Fsp3) is 0.429. The monoisotopic (exact) mass is 231 g/mol. The van der Waals surface area contributed by atoms with Crippen LogP contribution in [0.15, 0.2) is 24.3 Å². The van der Waals surface area contributed by atoms with Crippen molar-refractivity contribution in [2.75, 3.05) is 11.4 Å². The van der Waals surface area contributed by atoms with E-state index >= 15 is 0 Å². The van der Waals surface area contributed by atoms with Gasteiger partial charge in [-0.2, -0.15) is 0 Å². The molecule has 17 heavy (non-hydrogen) atoms. The van der Waals surface area contributed by atoms with Gasteiger partial charge in [-0.05, 0) is 38.3 Å². The Morgan fingerprint density at radius 2 is 2.06 bits per heavy atom. The highest BCUT2D eigenvalue weighted by Gasteiger charge is 2.32. The second-order valence-corrected chi connectivity index (χ2v) is 4.58. The molecule has 0 unspecified atom stereocenters. The molecule has 3 heteroatoms. The first-order valence-corrected chi connectivity index (χ1v) is 5.98. The van der Waals surface area contributed by atoms with Crippen molar-refractivity contribution >= 4 is 17.4 Å². The summed E-state index contributed by atoms with van der Waals surface area (Å²) in [5.41, 5.74) is 2.01. The maximum Gasteiger partial charge on any atom is 0.237 e. The molecular formula is C14H17NO2. The van der Waals surface area contributed by atoms with Crippen LogP contribution in [0.2, 0.25) is 0 Å². The molecule has 1 aromatic rings. The second kappa shape index (κ2) is 4.70. The number of aryl methyl sites for hydroxylation is 1. The van der Waals surface area contributed by atoms with E-state index in [4.69, 9.17) is 0 Å². The molecular weight excluding hydrogens is 214 g/mol. The Labute approximate surface area is 101 Å². The number of hydrogen-bond donors (Lipinski definition) is 0. The summed E-state index contributed by atoms with van der Waals surface area (Å²) < 4.78 is 0. The van der Waals surface area contributed by atoms with Crippen LogP contribution in [0.1, 0.15) is 25.3 Å². The van der Waals surface area contributed by atoms with E-state index in [2.05, 4.69) is 0 Å². The predicted molar refractivity (Wildman–Crippen MR) is 66.9 cm³/mol. The topological polar surface area (TPSA) is 37.4 Å². The minimum atomic E-state index is -0.441. The minimum absolute atomic E-state index is 0.0201. The zero-order valence-electron chi connectivity index (χ0n) is 10.3. The number of amides is 1. The van der Waals surface area contributed by atoms with E-state index in [1.54, 1.807) is 4.90 Å². The number of ketones is 1. The van der Waals surface area contributed by atoms with Crippen molar-refractivity contribution < 1.29 is 9.59 Å². The number of carbonyl (C=O) groups is 2. The molecule has 1 atom stereocenters. The highest BCUT2D eigenvalue weighted by molar-refractivity contribution is 6.08. The van der Waals surface area contributed by atoms with Gasteiger partial charge in [-0.25, -0.2) is 0 Å². The number of hydrogen-bond acceptors (Lipinski definition) is 2. The van der Waals surface area contributed by atoms with Gasteiger partial charge in [0, 0.05) is 12.2 Å². The zero-order chi connectivity index (χ0) is 12.4. The van der Waals surface area contributed by atoms with Crippen molar-refractivity contribution in [1.29, 1.82) is 0 Å². The molecule has 1 amide bonds. The third-order valence-electron chi connectivity index (χ3n) is 3.34. The van der Waals surface area contributed by atoms with E-state index < -0.39 is 5.92 Å². The van der Waals surface area contributed by atoms with Crippen LogP contribution < -0.4 is 4.90 Å². The molecule has 0 bridgehead atoms. The summed E-state index contributed by atoms with van der Waals surface area (Å²) in [5, 5.41) is 0. The molecule has 1 aromatic carbocycles. The summed E-state index contributed by atoms with van der Waals surface area (Å²) in [5.74, 6) is -0.505. The van der Waals surface area contributed by atoms with Crippen LogP contribution in [0.25, 0.3) is 0 Å². The van der Waals surface area contributed by atoms with E-state index in [9.17, 15) is 9.59 Å². The van der Waals surface area contributed by atoms with Gasteiger partial charge in [0.05, 0.1) is 5.92 Å². The van der Waals surface area contributed by atoms with Gasteiger partial charge in [-0.15, -0.1) is 0 Å². The highest BCUT2D eigenvalue weighted by atomic mass is 16.2. The summed E-state index contributed by atoms with van der Waals surface area (Å²) >= 11 is 0. The fourth-order valence-electron chi connectivity index (χ4n) is 2.36. The van der Waals surface area contributed by atoms with Crippen LogP contribution >= 0.6 is 0 Å². The average molecular weight is 231 g/mol. The van der Waals surface area contributed by atoms with Gasteiger partial charge in [0.25, 0.3) is 0 Å². The van der Waals surface area contributed by atoms with Crippen molar-refractivity contribution in [3.8, 4) is 0 Å². The van der Waals surface area contributed by atoms with Gasteiger partial charge in [0.1, 0.15) is 5.78 Å². The lowest BCUT2D eigenvalue weighted by atomic mass is 9.93. The van der Waals surface area contributed by atoms with Crippen LogP contribution in [0.4, 0.5) is 5.69 Å². The minimum Gasteiger partial charge on any atom is -0.312 e. The molecule has 1 aliphatic rings. The van der Waals surface area contributed by atoms with Crippen LogP contribution in [0.3, 0.4) is 0 Å². The third kappa shape index (κ3) is 2.23. The number of piperidine rings is 1. The van der Waals surface area contributed by atoms with Crippen molar-refractivity contribution in [3.05, 3.63) is 29.8 Å². The Balaban J connectivity index is 2.30. The van der Waals surface area contributed by atoms with Gasteiger partial charge in [-0.1, -0.05) is 18.2 Å². The quantitative estimate of drug-likeness (QED) is 0.732. The smallest absolute Gasteiger partial charge is 0.237 e. The maximum absolute atomic E-state index is 12.2. The molecule has 3 nitrogen and oxygen atoms in total. The highest BCUT2D eigenvalue weighted by Crippen LogP contribution is 2.27. The number of nitrogens with zero attached hydrogens (tertiary/aromatic N) is 1. The zero-order valence-corrected chi connectivity index (χ0v) is 10.3. The SMILES string of the molecule is CC(=O)[C@H]1CCCN(c2ccccc2C)C1=O. The number of para-hydroxylation sites is 1. The first-order chi connectivity index (χ1) is 8.11. The van der Waals surface area contributed by atoms with Crippen molar-refractivity contribution in [2.45, 2.75) is 26.7 Å². The summed E-state index contributed by atoms with van der Waals surface area (Å²) in [4.78, 5) is 25.4. The van der Waals surface area contributed by atoms with Crippen molar-refractivity contribution in [1.82, 2.24) is 0 Å². The molecule has 0 aliphatic carbocycles. The van der Waals surface area contributed by atoms with Crippen LogP contribution in [0.5, 0.6) is 0 Å². The van der Waals surface area contributed by atoms with Crippen LogP contribution in [-0.4, -0.2) is 18.2 Å². The molecule has 0 spiro atoms. The molecule has 1 fully saturated rings. The lowest BCUT2D eigenvalue weighted by Gasteiger charge is -2.32. The summed E-state index contributed by atoms with van der Waals surface area (Å²) in [6, 6.07) is 7.80. The number of carbonyl (C=O) groups excluding carboxylic acids is 2. The Bertz CT molecular complexity index is 453. The maximum atomic E-state index is 12.2. The summed E-state index contributed by atoms with van der Waals surface area (Å²) in [7, 11) is 0. The molecule has 1 aliphatic heterocycles. The van der Waals surface area contributed by atoms with Gasteiger partial charge < -0.3 is 4.90 Å². The van der Waals surface area contributed by atoms with E-state index in [-0.39, 0.29) is 11.7 Å². The Hall–Kier alpha value is -1.64.